The van der Waals surface area contributed by atoms with Gasteiger partial charge in [0.2, 0.25) is 18.0 Å². The zero-order valence-corrected chi connectivity index (χ0v) is 17.8. The Balaban J connectivity index is 1.59. The zero-order chi connectivity index (χ0) is 22.7. The van der Waals surface area contributed by atoms with Gasteiger partial charge in [0.25, 0.3) is 0 Å². The van der Waals surface area contributed by atoms with Crippen molar-refractivity contribution in [1.82, 2.24) is 9.99 Å². The van der Waals surface area contributed by atoms with E-state index in [0.29, 0.717) is 22.4 Å². The molecule has 4 rings (SSSR count). The maximum atomic E-state index is 12.4. The molecule has 0 bridgehead atoms. The van der Waals surface area contributed by atoms with Gasteiger partial charge >= 0.3 is 5.97 Å². The molecule has 0 unspecified atom stereocenters. The smallest absolute Gasteiger partial charge is 0.343 e. The maximum Gasteiger partial charge on any atom is 0.343 e. The van der Waals surface area contributed by atoms with Crippen LogP contribution in [-0.4, -0.2) is 34.9 Å². The van der Waals surface area contributed by atoms with E-state index in [9.17, 15) is 9.59 Å². The molecular weight excluding hydrogens is 410 g/mol. The topological polar surface area (TPSA) is 90.3 Å². The van der Waals surface area contributed by atoms with Crippen molar-refractivity contribution in [3.05, 3.63) is 89.2 Å². The Bertz CT molecular complexity index is 1180. The lowest BCUT2D eigenvalue weighted by atomic mass is 10.1. The number of hydrazone groups is 1. The van der Waals surface area contributed by atoms with Crippen molar-refractivity contribution in [2.45, 2.75) is 20.1 Å². The lowest BCUT2D eigenvalue weighted by Gasteiger charge is -2.20. The van der Waals surface area contributed by atoms with E-state index in [2.05, 4.69) is 10.1 Å². The normalized spacial score (nSPS) is 15.0. The van der Waals surface area contributed by atoms with Crippen LogP contribution in [0.3, 0.4) is 0 Å². The second-order valence-electron chi connectivity index (χ2n) is 7.09. The fourth-order valence-electron chi connectivity index (χ4n) is 3.15. The standard InChI is InChI=1S/C24H21N3O5/c1-15-9-10-19(14-25-15)22-26-27(16(2)28)23(32-22)18-11-12-20(21(13-18)30-3)31-24(29)17-7-5-4-6-8-17/h4-14,23H,1-3H3/t23-/m1/s1. The molecule has 0 spiro atoms. The van der Waals surface area contributed by atoms with Crippen LogP contribution in [0.5, 0.6) is 11.5 Å². The van der Waals surface area contributed by atoms with Crippen molar-refractivity contribution in [3.63, 3.8) is 0 Å². The van der Waals surface area contributed by atoms with Crippen molar-refractivity contribution in [2.24, 2.45) is 5.10 Å². The predicted octanol–water partition coefficient (Wildman–Crippen LogP) is 3.86. The van der Waals surface area contributed by atoms with Gasteiger partial charge < -0.3 is 14.2 Å². The highest BCUT2D eigenvalue weighted by Crippen LogP contribution is 2.36. The number of methoxy groups -OCH3 is 1. The van der Waals surface area contributed by atoms with Crippen LogP contribution in [0.15, 0.2) is 72.0 Å². The highest BCUT2D eigenvalue weighted by Gasteiger charge is 2.34. The number of pyridine rings is 1. The van der Waals surface area contributed by atoms with Gasteiger partial charge in [-0.25, -0.2) is 4.79 Å². The largest absolute Gasteiger partial charge is 0.493 e. The molecular formula is C24H21N3O5. The molecule has 3 aromatic rings. The molecule has 0 saturated carbocycles. The minimum Gasteiger partial charge on any atom is -0.493 e. The Kier molecular flexibility index (Phi) is 5.85. The number of aromatic nitrogens is 1. The molecule has 1 amide bonds. The van der Waals surface area contributed by atoms with Crippen molar-refractivity contribution in [1.29, 1.82) is 0 Å². The van der Waals surface area contributed by atoms with Crippen LogP contribution in [0.25, 0.3) is 0 Å². The van der Waals surface area contributed by atoms with Gasteiger partial charge in [-0.2, -0.15) is 5.01 Å². The fourth-order valence-corrected chi connectivity index (χ4v) is 3.15. The Morgan fingerprint density at radius 2 is 1.81 bits per heavy atom. The molecule has 1 aromatic heterocycles. The summed E-state index contributed by atoms with van der Waals surface area (Å²) in [5.74, 6) is 0.0715. The molecule has 2 heterocycles. The molecule has 0 fully saturated rings. The van der Waals surface area contributed by atoms with Gasteiger partial charge in [-0.3, -0.25) is 9.78 Å². The van der Waals surface area contributed by atoms with Crippen LogP contribution in [0.1, 0.15) is 40.3 Å². The lowest BCUT2D eigenvalue weighted by molar-refractivity contribution is -0.135. The lowest BCUT2D eigenvalue weighted by Crippen LogP contribution is -2.25. The van der Waals surface area contributed by atoms with Crippen LogP contribution in [0, 0.1) is 6.92 Å². The second kappa shape index (κ2) is 8.89. The van der Waals surface area contributed by atoms with Crippen molar-refractivity contribution in [2.75, 3.05) is 7.11 Å². The average molecular weight is 431 g/mol. The molecule has 1 atom stereocenters. The minimum absolute atomic E-state index is 0.251. The van der Waals surface area contributed by atoms with E-state index in [0.717, 1.165) is 5.69 Å². The quantitative estimate of drug-likeness (QED) is 0.450. The third-order valence-electron chi connectivity index (χ3n) is 4.81. The number of rotatable bonds is 5. The number of carbonyl (C=O) groups excluding carboxylic acids is 2. The van der Waals surface area contributed by atoms with Gasteiger partial charge in [0.1, 0.15) is 0 Å². The molecule has 8 nitrogen and oxygen atoms in total. The van der Waals surface area contributed by atoms with Crippen LogP contribution in [-0.2, 0) is 9.53 Å². The van der Waals surface area contributed by atoms with Gasteiger partial charge in [0, 0.05) is 24.4 Å². The monoisotopic (exact) mass is 431 g/mol. The number of esters is 1. The average Bonchev–Trinajstić information content (AvgIpc) is 3.26. The molecule has 1 aliphatic heterocycles. The number of amides is 1. The third kappa shape index (κ3) is 4.29. The van der Waals surface area contributed by atoms with Gasteiger partial charge in [0.05, 0.1) is 18.2 Å². The van der Waals surface area contributed by atoms with Gasteiger partial charge in [-0.15, -0.1) is 5.10 Å². The Labute approximate surface area is 185 Å². The molecule has 32 heavy (non-hydrogen) atoms. The molecule has 2 aromatic carbocycles. The third-order valence-corrected chi connectivity index (χ3v) is 4.81. The summed E-state index contributed by atoms with van der Waals surface area (Å²) < 4.78 is 16.9. The maximum absolute atomic E-state index is 12.4. The summed E-state index contributed by atoms with van der Waals surface area (Å²) in [4.78, 5) is 28.9. The number of benzene rings is 2. The number of aryl methyl sites for hydroxylation is 1. The van der Waals surface area contributed by atoms with Crippen LogP contribution >= 0.6 is 0 Å². The van der Waals surface area contributed by atoms with E-state index in [1.165, 1.54) is 19.0 Å². The van der Waals surface area contributed by atoms with E-state index in [1.807, 2.05) is 25.1 Å². The first-order valence-corrected chi connectivity index (χ1v) is 9.89. The zero-order valence-electron chi connectivity index (χ0n) is 17.8. The highest BCUT2D eigenvalue weighted by molar-refractivity contribution is 5.96. The van der Waals surface area contributed by atoms with E-state index in [4.69, 9.17) is 14.2 Å². The van der Waals surface area contributed by atoms with Crippen molar-refractivity contribution < 1.29 is 23.8 Å². The summed E-state index contributed by atoms with van der Waals surface area (Å²) in [6, 6.07) is 17.3. The van der Waals surface area contributed by atoms with Gasteiger partial charge in [-0.1, -0.05) is 18.2 Å². The summed E-state index contributed by atoms with van der Waals surface area (Å²) in [7, 11) is 1.47. The first-order valence-electron chi connectivity index (χ1n) is 9.89. The first kappa shape index (κ1) is 21.0. The Morgan fingerprint density at radius 1 is 1.03 bits per heavy atom. The Morgan fingerprint density at radius 3 is 2.47 bits per heavy atom. The molecule has 1 aliphatic rings. The van der Waals surface area contributed by atoms with E-state index < -0.39 is 12.2 Å². The summed E-state index contributed by atoms with van der Waals surface area (Å²) in [5, 5.41) is 5.57. The molecule has 8 heteroatoms. The highest BCUT2D eigenvalue weighted by atomic mass is 16.6. The second-order valence-corrected chi connectivity index (χ2v) is 7.09. The van der Waals surface area contributed by atoms with Crippen molar-refractivity contribution >= 4 is 17.8 Å². The Hall–Kier alpha value is -4.20. The summed E-state index contributed by atoms with van der Waals surface area (Å²) in [6.45, 7) is 3.29. The number of hydrogen-bond acceptors (Lipinski definition) is 7. The number of hydrogen-bond donors (Lipinski definition) is 0. The molecule has 0 N–H and O–H groups in total. The first-order chi connectivity index (χ1) is 15.5. The summed E-state index contributed by atoms with van der Waals surface area (Å²) in [6.07, 6.45) is 0.846. The fraction of sp³-hybridized carbons (Fsp3) is 0.167. The van der Waals surface area contributed by atoms with E-state index in [-0.39, 0.29) is 17.6 Å². The van der Waals surface area contributed by atoms with E-state index >= 15 is 0 Å². The minimum atomic E-state index is -0.795. The number of carbonyl (C=O) groups is 2. The molecule has 0 aliphatic carbocycles. The predicted molar refractivity (Wildman–Crippen MR) is 116 cm³/mol. The molecule has 0 radical (unpaired) electrons. The summed E-state index contributed by atoms with van der Waals surface area (Å²) >= 11 is 0. The number of ether oxygens (including phenoxy) is 3. The SMILES string of the molecule is COc1cc([C@H]2OC(c3ccc(C)nc3)=NN2C(C)=O)ccc1OC(=O)c1ccccc1. The van der Waals surface area contributed by atoms with Crippen LogP contribution < -0.4 is 9.47 Å². The van der Waals surface area contributed by atoms with Crippen LogP contribution in [0.2, 0.25) is 0 Å². The molecule has 0 saturated heterocycles. The number of nitrogens with zero attached hydrogens (tertiary/aromatic N) is 3. The van der Waals surface area contributed by atoms with Gasteiger partial charge in [-0.05, 0) is 49.4 Å². The van der Waals surface area contributed by atoms with E-state index in [1.54, 1.807) is 48.7 Å². The van der Waals surface area contributed by atoms with Crippen LogP contribution in [0.4, 0.5) is 0 Å². The van der Waals surface area contributed by atoms with Gasteiger partial charge in [0.15, 0.2) is 11.5 Å². The van der Waals surface area contributed by atoms with Crippen molar-refractivity contribution in [3.8, 4) is 11.5 Å². The molecule has 162 valence electrons. The summed E-state index contributed by atoms with van der Waals surface area (Å²) in [5.41, 5.74) is 2.54.